The standard InChI is InChI=1S/C16H12F2N4OS/c17-11-6-7-13(12(18)8-11)20-16(24)19-9-14-21-15(22-23-14)10-4-2-1-3-5-10/h1-8H,9H2,(H2,19,20,24). The second kappa shape index (κ2) is 7.14. The van der Waals surface area contributed by atoms with Crippen molar-refractivity contribution in [3.63, 3.8) is 0 Å². The van der Waals surface area contributed by atoms with Crippen LogP contribution in [0.3, 0.4) is 0 Å². The smallest absolute Gasteiger partial charge is 0.246 e. The molecule has 5 nitrogen and oxygen atoms in total. The number of anilines is 1. The number of halogens is 2. The van der Waals surface area contributed by atoms with Crippen molar-refractivity contribution in [1.82, 2.24) is 15.5 Å². The van der Waals surface area contributed by atoms with Crippen LogP contribution in [0.25, 0.3) is 11.4 Å². The third-order valence-corrected chi connectivity index (χ3v) is 3.33. The van der Waals surface area contributed by atoms with Crippen LogP contribution in [0.2, 0.25) is 0 Å². The predicted molar refractivity (Wildman–Crippen MR) is 89.2 cm³/mol. The molecular weight excluding hydrogens is 334 g/mol. The summed E-state index contributed by atoms with van der Waals surface area (Å²) in [5, 5.41) is 9.49. The minimum Gasteiger partial charge on any atom is -0.353 e. The first-order valence-electron chi connectivity index (χ1n) is 7.00. The van der Waals surface area contributed by atoms with Gasteiger partial charge >= 0.3 is 0 Å². The Bertz CT molecular complexity index is 854. The summed E-state index contributed by atoms with van der Waals surface area (Å²) < 4.78 is 31.5. The molecule has 0 aliphatic carbocycles. The summed E-state index contributed by atoms with van der Waals surface area (Å²) in [4.78, 5) is 4.24. The van der Waals surface area contributed by atoms with Crippen molar-refractivity contribution in [2.75, 3.05) is 5.32 Å². The molecule has 3 rings (SSSR count). The third kappa shape index (κ3) is 3.90. The van der Waals surface area contributed by atoms with Crippen molar-refractivity contribution in [2.45, 2.75) is 6.54 Å². The molecule has 8 heteroatoms. The van der Waals surface area contributed by atoms with Gasteiger partial charge in [0.25, 0.3) is 0 Å². The molecular formula is C16H12F2N4OS. The molecule has 0 fully saturated rings. The first-order valence-corrected chi connectivity index (χ1v) is 7.40. The SMILES string of the molecule is Fc1ccc(NC(=S)NCc2nc(-c3ccccc3)no2)c(F)c1. The number of benzene rings is 2. The van der Waals surface area contributed by atoms with Gasteiger partial charge in [-0.15, -0.1) is 0 Å². The molecule has 0 aliphatic heterocycles. The Morgan fingerprint density at radius 2 is 1.92 bits per heavy atom. The fraction of sp³-hybridized carbons (Fsp3) is 0.0625. The van der Waals surface area contributed by atoms with Crippen molar-refractivity contribution in [1.29, 1.82) is 0 Å². The molecule has 1 heterocycles. The quantitative estimate of drug-likeness (QED) is 0.705. The monoisotopic (exact) mass is 346 g/mol. The summed E-state index contributed by atoms with van der Waals surface area (Å²) in [6.45, 7) is 0.175. The van der Waals surface area contributed by atoms with Crippen molar-refractivity contribution < 1.29 is 13.3 Å². The van der Waals surface area contributed by atoms with Crippen LogP contribution in [0.15, 0.2) is 53.1 Å². The van der Waals surface area contributed by atoms with Gasteiger partial charge in [-0.25, -0.2) is 8.78 Å². The van der Waals surface area contributed by atoms with Gasteiger partial charge in [0.2, 0.25) is 11.7 Å². The zero-order valence-electron chi connectivity index (χ0n) is 12.3. The fourth-order valence-electron chi connectivity index (χ4n) is 1.94. The Labute approximate surface area is 141 Å². The second-order valence-corrected chi connectivity index (χ2v) is 5.22. The van der Waals surface area contributed by atoms with Gasteiger partial charge in [0, 0.05) is 11.6 Å². The lowest BCUT2D eigenvalue weighted by molar-refractivity contribution is 0.376. The molecule has 0 unspecified atom stereocenters. The summed E-state index contributed by atoms with van der Waals surface area (Å²) in [6.07, 6.45) is 0. The number of hydrogen-bond acceptors (Lipinski definition) is 4. The first kappa shape index (κ1) is 16.0. The molecule has 2 N–H and O–H groups in total. The first-order chi connectivity index (χ1) is 11.6. The van der Waals surface area contributed by atoms with E-state index < -0.39 is 11.6 Å². The van der Waals surface area contributed by atoms with Gasteiger partial charge in [0.05, 0.1) is 12.2 Å². The molecule has 0 bridgehead atoms. The molecule has 0 aliphatic rings. The van der Waals surface area contributed by atoms with E-state index in [-0.39, 0.29) is 17.3 Å². The lowest BCUT2D eigenvalue weighted by Crippen LogP contribution is -2.28. The second-order valence-electron chi connectivity index (χ2n) is 4.81. The van der Waals surface area contributed by atoms with Crippen LogP contribution in [0.1, 0.15) is 5.89 Å². The molecule has 0 saturated carbocycles. The van der Waals surface area contributed by atoms with E-state index in [0.29, 0.717) is 11.7 Å². The third-order valence-electron chi connectivity index (χ3n) is 3.08. The van der Waals surface area contributed by atoms with Gasteiger partial charge in [-0.1, -0.05) is 35.5 Å². The van der Waals surface area contributed by atoms with E-state index in [9.17, 15) is 8.78 Å². The molecule has 122 valence electrons. The topological polar surface area (TPSA) is 63.0 Å². The van der Waals surface area contributed by atoms with Crippen molar-refractivity contribution >= 4 is 23.0 Å². The normalized spacial score (nSPS) is 10.4. The van der Waals surface area contributed by atoms with E-state index in [1.165, 1.54) is 6.07 Å². The molecule has 2 aromatic carbocycles. The van der Waals surface area contributed by atoms with E-state index in [4.69, 9.17) is 16.7 Å². The number of nitrogens with zero attached hydrogens (tertiary/aromatic N) is 2. The van der Waals surface area contributed by atoms with Crippen LogP contribution in [-0.4, -0.2) is 15.3 Å². The van der Waals surface area contributed by atoms with Crippen LogP contribution in [-0.2, 0) is 6.54 Å². The van der Waals surface area contributed by atoms with Crippen molar-refractivity contribution in [3.8, 4) is 11.4 Å². The van der Waals surface area contributed by atoms with Crippen LogP contribution in [0.4, 0.5) is 14.5 Å². The number of rotatable bonds is 4. The van der Waals surface area contributed by atoms with Gasteiger partial charge < -0.3 is 15.2 Å². The Hall–Kier alpha value is -2.87. The highest BCUT2D eigenvalue weighted by atomic mass is 32.1. The highest BCUT2D eigenvalue weighted by molar-refractivity contribution is 7.80. The molecule has 0 radical (unpaired) electrons. The van der Waals surface area contributed by atoms with Crippen LogP contribution < -0.4 is 10.6 Å². The summed E-state index contributed by atoms with van der Waals surface area (Å²) in [6, 6.07) is 12.5. The van der Waals surface area contributed by atoms with Crippen LogP contribution >= 0.6 is 12.2 Å². The van der Waals surface area contributed by atoms with Gasteiger partial charge in [-0.3, -0.25) is 0 Å². The summed E-state index contributed by atoms with van der Waals surface area (Å²) >= 11 is 5.06. The maximum Gasteiger partial charge on any atom is 0.246 e. The van der Waals surface area contributed by atoms with Crippen LogP contribution in [0.5, 0.6) is 0 Å². The average Bonchev–Trinajstić information content (AvgIpc) is 3.05. The number of hydrogen-bond donors (Lipinski definition) is 2. The molecule has 1 aromatic heterocycles. The van der Waals surface area contributed by atoms with Crippen LogP contribution in [0, 0.1) is 11.6 Å². The van der Waals surface area contributed by atoms with Crippen molar-refractivity contribution in [3.05, 3.63) is 66.1 Å². The molecule has 0 amide bonds. The highest BCUT2D eigenvalue weighted by Gasteiger charge is 2.09. The minimum atomic E-state index is -0.733. The summed E-state index contributed by atoms with van der Waals surface area (Å²) in [5.74, 6) is -0.590. The lowest BCUT2D eigenvalue weighted by Gasteiger charge is -2.09. The zero-order valence-corrected chi connectivity index (χ0v) is 13.1. The zero-order chi connectivity index (χ0) is 16.9. The Morgan fingerprint density at radius 1 is 1.12 bits per heavy atom. The van der Waals surface area contributed by atoms with E-state index in [0.717, 1.165) is 17.7 Å². The molecule has 0 atom stereocenters. The van der Waals surface area contributed by atoms with E-state index >= 15 is 0 Å². The molecule has 24 heavy (non-hydrogen) atoms. The maximum absolute atomic E-state index is 13.5. The summed E-state index contributed by atoms with van der Waals surface area (Å²) in [7, 11) is 0. The number of thiocarbonyl (C=S) groups is 1. The van der Waals surface area contributed by atoms with Crippen molar-refractivity contribution in [2.24, 2.45) is 0 Å². The summed E-state index contributed by atoms with van der Waals surface area (Å²) in [5.41, 5.74) is 0.908. The van der Waals surface area contributed by atoms with Gasteiger partial charge in [-0.2, -0.15) is 4.98 Å². The molecule has 0 spiro atoms. The largest absolute Gasteiger partial charge is 0.353 e. The predicted octanol–water partition coefficient (Wildman–Crippen LogP) is 3.50. The molecule has 0 saturated heterocycles. The maximum atomic E-state index is 13.5. The van der Waals surface area contributed by atoms with E-state index in [1.807, 2.05) is 30.3 Å². The minimum absolute atomic E-state index is 0.0735. The fourth-order valence-corrected chi connectivity index (χ4v) is 2.13. The highest BCUT2D eigenvalue weighted by Crippen LogP contribution is 2.16. The van der Waals surface area contributed by atoms with E-state index in [1.54, 1.807) is 0 Å². The van der Waals surface area contributed by atoms with E-state index in [2.05, 4.69) is 20.8 Å². The Kier molecular flexibility index (Phi) is 4.76. The number of aromatic nitrogens is 2. The lowest BCUT2D eigenvalue weighted by atomic mass is 10.2. The van der Waals surface area contributed by atoms with Gasteiger partial charge in [0.15, 0.2) is 5.11 Å². The number of nitrogens with one attached hydrogen (secondary N) is 2. The van der Waals surface area contributed by atoms with Gasteiger partial charge in [0.1, 0.15) is 11.6 Å². The Balaban J connectivity index is 1.58. The van der Waals surface area contributed by atoms with Gasteiger partial charge in [-0.05, 0) is 24.4 Å². The Morgan fingerprint density at radius 3 is 2.67 bits per heavy atom. The average molecular weight is 346 g/mol. The molecule has 3 aromatic rings.